The Morgan fingerprint density at radius 2 is 2.08 bits per heavy atom. The molecule has 2 heterocycles. The zero-order chi connectivity index (χ0) is 9.10. The molecular weight excluding hydrogens is 166 g/mol. The molecule has 2 aliphatic rings. The predicted octanol–water partition coefficient (Wildman–Crippen LogP) is 1.48. The van der Waals surface area contributed by atoms with Crippen LogP contribution in [0, 0.1) is 11.8 Å². The molecule has 0 aromatic carbocycles. The Hall–Kier alpha value is -0.570. The molecule has 0 bridgehead atoms. The SMILES string of the molecule is COC1=NCCC1C1CCOCC1. The van der Waals surface area contributed by atoms with E-state index in [0.29, 0.717) is 5.92 Å². The fraction of sp³-hybridized carbons (Fsp3) is 0.900. The molecule has 1 fully saturated rings. The summed E-state index contributed by atoms with van der Waals surface area (Å²) in [7, 11) is 1.73. The molecule has 13 heavy (non-hydrogen) atoms. The lowest BCUT2D eigenvalue weighted by Crippen LogP contribution is -2.27. The van der Waals surface area contributed by atoms with Gasteiger partial charge in [0.05, 0.1) is 7.11 Å². The first kappa shape index (κ1) is 9.00. The van der Waals surface area contributed by atoms with Crippen molar-refractivity contribution >= 4 is 5.90 Å². The van der Waals surface area contributed by atoms with Crippen LogP contribution in [0.3, 0.4) is 0 Å². The Morgan fingerprint density at radius 1 is 1.31 bits per heavy atom. The summed E-state index contributed by atoms with van der Waals surface area (Å²) >= 11 is 0. The van der Waals surface area contributed by atoms with Crippen LogP contribution in [0.2, 0.25) is 0 Å². The molecule has 2 aliphatic heterocycles. The topological polar surface area (TPSA) is 30.8 Å². The van der Waals surface area contributed by atoms with E-state index >= 15 is 0 Å². The molecule has 3 heteroatoms. The second-order valence-electron chi connectivity index (χ2n) is 3.77. The van der Waals surface area contributed by atoms with Crippen LogP contribution in [0.25, 0.3) is 0 Å². The summed E-state index contributed by atoms with van der Waals surface area (Å²) in [5.74, 6) is 2.30. The normalized spacial score (nSPS) is 30.2. The lowest BCUT2D eigenvalue weighted by atomic mass is 9.85. The first-order valence-electron chi connectivity index (χ1n) is 5.08. The van der Waals surface area contributed by atoms with Gasteiger partial charge in [0.15, 0.2) is 5.90 Å². The zero-order valence-corrected chi connectivity index (χ0v) is 8.16. The molecule has 0 saturated carbocycles. The molecule has 1 atom stereocenters. The van der Waals surface area contributed by atoms with Crippen LogP contribution >= 0.6 is 0 Å². The van der Waals surface area contributed by atoms with Crippen molar-refractivity contribution in [2.24, 2.45) is 16.8 Å². The van der Waals surface area contributed by atoms with Crippen molar-refractivity contribution < 1.29 is 9.47 Å². The quantitative estimate of drug-likeness (QED) is 0.616. The van der Waals surface area contributed by atoms with Crippen LogP contribution in [0.1, 0.15) is 19.3 Å². The van der Waals surface area contributed by atoms with Crippen LogP contribution in [0.5, 0.6) is 0 Å². The molecule has 0 spiro atoms. The second-order valence-corrected chi connectivity index (χ2v) is 3.77. The first-order valence-corrected chi connectivity index (χ1v) is 5.08. The van der Waals surface area contributed by atoms with E-state index in [1.807, 2.05) is 0 Å². The summed E-state index contributed by atoms with van der Waals surface area (Å²) in [6.45, 7) is 2.78. The third-order valence-electron chi connectivity index (χ3n) is 3.07. The van der Waals surface area contributed by atoms with E-state index in [9.17, 15) is 0 Å². The summed E-state index contributed by atoms with van der Waals surface area (Å²) in [6.07, 6.45) is 3.52. The lowest BCUT2D eigenvalue weighted by Gasteiger charge is -2.27. The largest absolute Gasteiger partial charge is 0.484 e. The van der Waals surface area contributed by atoms with Crippen LogP contribution in [0.4, 0.5) is 0 Å². The van der Waals surface area contributed by atoms with Crippen LogP contribution in [-0.4, -0.2) is 32.8 Å². The standard InChI is InChI=1S/C10H17NO2/c1-12-10-9(2-5-11-10)8-3-6-13-7-4-8/h8-9H,2-7H2,1H3. The fourth-order valence-corrected chi connectivity index (χ4v) is 2.33. The minimum absolute atomic E-state index is 0.578. The average Bonchev–Trinajstić information content (AvgIpc) is 2.67. The summed E-state index contributed by atoms with van der Waals surface area (Å²) < 4.78 is 10.6. The smallest absolute Gasteiger partial charge is 0.186 e. The highest BCUT2D eigenvalue weighted by molar-refractivity contribution is 5.80. The van der Waals surface area contributed by atoms with E-state index in [4.69, 9.17) is 9.47 Å². The Bertz CT molecular complexity index is 197. The Labute approximate surface area is 79.1 Å². The maximum absolute atomic E-state index is 5.35. The molecule has 0 radical (unpaired) electrons. The summed E-state index contributed by atoms with van der Waals surface area (Å²) in [5, 5.41) is 0. The number of methoxy groups -OCH3 is 1. The number of ether oxygens (including phenoxy) is 2. The lowest BCUT2D eigenvalue weighted by molar-refractivity contribution is 0.0540. The van der Waals surface area contributed by atoms with Crippen molar-refractivity contribution in [1.29, 1.82) is 0 Å². The van der Waals surface area contributed by atoms with E-state index in [2.05, 4.69) is 4.99 Å². The van der Waals surface area contributed by atoms with E-state index in [1.165, 1.54) is 19.3 Å². The van der Waals surface area contributed by atoms with Gasteiger partial charge < -0.3 is 9.47 Å². The minimum atomic E-state index is 0.578. The molecule has 74 valence electrons. The number of hydrogen-bond donors (Lipinski definition) is 0. The van der Waals surface area contributed by atoms with Crippen molar-refractivity contribution in [1.82, 2.24) is 0 Å². The zero-order valence-electron chi connectivity index (χ0n) is 8.16. The third kappa shape index (κ3) is 1.85. The van der Waals surface area contributed by atoms with Gasteiger partial charge in [0.25, 0.3) is 0 Å². The van der Waals surface area contributed by atoms with E-state index < -0.39 is 0 Å². The molecule has 0 aromatic rings. The monoisotopic (exact) mass is 183 g/mol. The number of aliphatic imine (C=N–C) groups is 1. The van der Waals surface area contributed by atoms with Gasteiger partial charge in [-0.15, -0.1) is 0 Å². The second kappa shape index (κ2) is 4.09. The summed E-state index contributed by atoms with van der Waals surface area (Å²) in [4.78, 5) is 4.36. The van der Waals surface area contributed by atoms with Gasteiger partial charge >= 0.3 is 0 Å². The molecule has 1 unspecified atom stereocenters. The molecule has 0 aromatic heterocycles. The van der Waals surface area contributed by atoms with Crippen molar-refractivity contribution in [3.63, 3.8) is 0 Å². The van der Waals surface area contributed by atoms with Gasteiger partial charge in [-0.2, -0.15) is 0 Å². The highest BCUT2D eigenvalue weighted by Gasteiger charge is 2.31. The van der Waals surface area contributed by atoms with E-state index in [0.717, 1.165) is 31.6 Å². The fourth-order valence-electron chi connectivity index (χ4n) is 2.33. The van der Waals surface area contributed by atoms with Gasteiger partial charge in [-0.3, -0.25) is 4.99 Å². The van der Waals surface area contributed by atoms with Gasteiger partial charge in [0.1, 0.15) is 0 Å². The number of nitrogens with zero attached hydrogens (tertiary/aromatic N) is 1. The molecule has 0 N–H and O–H groups in total. The molecule has 2 rings (SSSR count). The molecular formula is C10H17NO2. The maximum Gasteiger partial charge on any atom is 0.186 e. The van der Waals surface area contributed by atoms with Crippen LogP contribution in [-0.2, 0) is 9.47 Å². The van der Waals surface area contributed by atoms with Crippen LogP contribution < -0.4 is 0 Å². The van der Waals surface area contributed by atoms with Gasteiger partial charge in [0, 0.05) is 25.7 Å². The highest BCUT2D eigenvalue weighted by Crippen LogP contribution is 2.30. The Morgan fingerprint density at radius 3 is 2.77 bits per heavy atom. The minimum Gasteiger partial charge on any atom is -0.484 e. The van der Waals surface area contributed by atoms with Crippen molar-refractivity contribution in [2.45, 2.75) is 19.3 Å². The van der Waals surface area contributed by atoms with Gasteiger partial charge in [-0.05, 0) is 25.2 Å². The summed E-state index contributed by atoms with van der Waals surface area (Å²) in [5.41, 5.74) is 0. The Kier molecular flexibility index (Phi) is 2.83. The number of rotatable bonds is 1. The molecule has 3 nitrogen and oxygen atoms in total. The van der Waals surface area contributed by atoms with E-state index in [1.54, 1.807) is 7.11 Å². The molecule has 1 saturated heterocycles. The maximum atomic E-state index is 5.35. The molecule has 0 amide bonds. The summed E-state index contributed by atoms with van der Waals surface area (Å²) in [6, 6.07) is 0. The number of hydrogen-bond acceptors (Lipinski definition) is 3. The third-order valence-corrected chi connectivity index (χ3v) is 3.07. The first-order chi connectivity index (χ1) is 6.42. The van der Waals surface area contributed by atoms with Crippen molar-refractivity contribution in [3.8, 4) is 0 Å². The molecule has 0 aliphatic carbocycles. The van der Waals surface area contributed by atoms with Gasteiger partial charge in [0.2, 0.25) is 0 Å². The highest BCUT2D eigenvalue weighted by atomic mass is 16.5. The van der Waals surface area contributed by atoms with Gasteiger partial charge in [-0.1, -0.05) is 0 Å². The van der Waals surface area contributed by atoms with Crippen LogP contribution in [0.15, 0.2) is 4.99 Å². The average molecular weight is 183 g/mol. The van der Waals surface area contributed by atoms with E-state index in [-0.39, 0.29) is 0 Å². The predicted molar refractivity (Wildman–Crippen MR) is 51.0 cm³/mol. The van der Waals surface area contributed by atoms with Crippen molar-refractivity contribution in [3.05, 3.63) is 0 Å². The Balaban J connectivity index is 1.95. The van der Waals surface area contributed by atoms with Crippen molar-refractivity contribution in [2.75, 3.05) is 26.9 Å². The van der Waals surface area contributed by atoms with Gasteiger partial charge in [-0.25, -0.2) is 0 Å².